The largest absolute Gasteiger partial charge is 0.391 e. The summed E-state index contributed by atoms with van der Waals surface area (Å²) in [6, 6.07) is 0. The van der Waals surface area contributed by atoms with Crippen molar-refractivity contribution >= 4 is 5.82 Å². The minimum Gasteiger partial charge on any atom is -0.391 e. The van der Waals surface area contributed by atoms with Crippen molar-refractivity contribution in [1.29, 1.82) is 0 Å². The van der Waals surface area contributed by atoms with Crippen LogP contribution in [-0.4, -0.2) is 25.7 Å². The zero-order valence-electron chi connectivity index (χ0n) is 8.17. The molecule has 6 nitrogen and oxygen atoms in total. The van der Waals surface area contributed by atoms with Crippen molar-refractivity contribution in [3.05, 3.63) is 22.1 Å². The predicted molar refractivity (Wildman–Crippen MR) is 49.9 cm³/mol. The zero-order chi connectivity index (χ0) is 10.7. The molecule has 1 aromatic rings. The first-order valence-electron chi connectivity index (χ1n) is 4.40. The Balaban J connectivity index is 2.82. The average molecular weight is 199 g/mol. The van der Waals surface area contributed by atoms with E-state index in [0.717, 1.165) is 0 Å². The van der Waals surface area contributed by atoms with Crippen molar-refractivity contribution in [3.8, 4) is 0 Å². The Morgan fingerprint density at radius 2 is 2.43 bits per heavy atom. The van der Waals surface area contributed by atoms with Crippen molar-refractivity contribution in [3.63, 3.8) is 0 Å². The lowest BCUT2D eigenvalue weighted by molar-refractivity contribution is -0.389. The molecule has 14 heavy (non-hydrogen) atoms. The lowest BCUT2D eigenvalue weighted by Gasteiger charge is -2.07. The maximum absolute atomic E-state index is 10.4. The lowest BCUT2D eigenvalue weighted by atomic mass is 10.3. The van der Waals surface area contributed by atoms with Gasteiger partial charge in [0, 0.05) is 6.92 Å². The number of hydrogen-bond donors (Lipinski definition) is 1. The highest BCUT2D eigenvalue weighted by Crippen LogP contribution is 2.11. The Bertz CT molecular complexity index is 335. The van der Waals surface area contributed by atoms with Crippen LogP contribution < -0.4 is 0 Å². The molecule has 1 atom stereocenters. The van der Waals surface area contributed by atoms with Crippen LogP contribution in [0.25, 0.3) is 0 Å². The number of hydrogen-bond acceptors (Lipinski definition) is 4. The van der Waals surface area contributed by atoms with Crippen LogP contribution in [0.15, 0.2) is 6.20 Å². The van der Waals surface area contributed by atoms with Crippen molar-refractivity contribution in [2.24, 2.45) is 0 Å². The maximum Gasteiger partial charge on any atom is 0.381 e. The van der Waals surface area contributed by atoms with Crippen molar-refractivity contribution in [2.45, 2.75) is 32.9 Å². The highest BCUT2D eigenvalue weighted by Gasteiger charge is 2.16. The van der Waals surface area contributed by atoms with Crippen LogP contribution in [0, 0.1) is 17.0 Å². The van der Waals surface area contributed by atoms with Crippen LogP contribution in [-0.2, 0) is 6.54 Å². The molecule has 1 aromatic heterocycles. The van der Waals surface area contributed by atoms with Crippen molar-refractivity contribution in [2.75, 3.05) is 0 Å². The first kappa shape index (κ1) is 10.6. The van der Waals surface area contributed by atoms with Crippen LogP contribution in [0.5, 0.6) is 0 Å². The maximum atomic E-state index is 10.4. The van der Waals surface area contributed by atoms with Gasteiger partial charge in [-0.15, -0.1) is 0 Å². The Hall–Kier alpha value is -1.43. The molecule has 6 heteroatoms. The Morgan fingerprint density at radius 3 is 2.86 bits per heavy atom. The molecule has 0 bridgehead atoms. The van der Waals surface area contributed by atoms with E-state index in [1.165, 1.54) is 6.20 Å². The molecule has 0 aliphatic carbocycles. The highest BCUT2D eigenvalue weighted by atomic mass is 16.6. The average Bonchev–Trinajstić information content (AvgIpc) is 2.48. The van der Waals surface area contributed by atoms with Crippen LogP contribution >= 0.6 is 0 Å². The van der Waals surface area contributed by atoms with Crippen LogP contribution in [0.2, 0.25) is 0 Å². The van der Waals surface area contributed by atoms with Gasteiger partial charge in [-0.25, -0.2) is 0 Å². The third-order valence-electron chi connectivity index (χ3n) is 2.03. The molecule has 1 N–H and O–H groups in total. The SMILES string of the molecule is CC[C@H](O)Cn1cc([N+](=O)[O-])nc1C. The second-order valence-electron chi connectivity index (χ2n) is 3.12. The molecule has 0 saturated carbocycles. The number of aliphatic hydroxyl groups is 1. The zero-order valence-corrected chi connectivity index (χ0v) is 8.17. The summed E-state index contributed by atoms with van der Waals surface area (Å²) < 4.78 is 1.59. The molecule has 0 aromatic carbocycles. The van der Waals surface area contributed by atoms with E-state index in [-0.39, 0.29) is 5.82 Å². The smallest absolute Gasteiger partial charge is 0.381 e. The molecule has 0 spiro atoms. The van der Waals surface area contributed by atoms with Gasteiger partial charge in [0.15, 0.2) is 0 Å². The fraction of sp³-hybridized carbons (Fsp3) is 0.625. The number of aromatic nitrogens is 2. The third-order valence-corrected chi connectivity index (χ3v) is 2.03. The fourth-order valence-electron chi connectivity index (χ4n) is 1.12. The summed E-state index contributed by atoms with van der Waals surface area (Å²) in [5.41, 5.74) is 0. The van der Waals surface area contributed by atoms with E-state index < -0.39 is 11.0 Å². The summed E-state index contributed by atoms with van der Waals surface area (Å²) in [5.74, 6) is 0.370. The number of aryl methyl sites for hydroxylation is 1. The first-order valence-corrected chi connectivity index (χ1v) is 4.40. The summed E-state index contributed by atoms with van der Waals surface area (Å²) in [5, 5.41) is 19.8. The number of aliphatic hydroxyl groups excluding tert-OH is 1. The highest BCUT2D eigenvalue weighted by molar-refractivity contribution is 5.16. The van der Waals surface area contributed by atoms with E-state index in [9.17, 15) is 15.2 Å². The molecule has 0 fully saturated rings. The molecule has 1 rings (SSSR count). The Kier molecular flexibility index (Phi) is 3.19. The van der Waals surface area contributed by atoms with E-state index in [1.807, 2.05) is 6.92 Å². The molecule has 0 unspecified atom stereocenters. The van der Waals surface area contributed by atoms with Gasteiger partial charge in [0.1, 0.15) is 6.20 Å². The van der Waals surface area contributed by atoms with Gasteiger partial charge in [-0.05, 0) is 16.3 Å². The van der Waals surface area contributed by atoms with E-state index >= 15 is 0 Å². The summed E-state index contributed by atoms with van der Waals surface area (Å²) in [7, 11) is 0. The molecule has 0 amide bonds. The second-order valence-corrected chi connectivity index (χ2v) is 3.12. The van der Waals surface area contributed by atoms with Crippen molar-refractivity contribution < 1.29 is 10.0 Å². The van der Waals surface area contributed by atoms with E-state index in [1.54, 1.807) is 11.5 Å². The monoisotopic (exact) mass is 199 g/mol. The minimum absolute atomic E-state index is 0.175. The molecule has 1 heterocycles. The molecule has 0 radical (unpaired) electrons. The number of imidazole rings is 1. The summed E-state index contributed by atoms with van der Waals surface area (Å²) >= 11 is 0. The van der Waals surface area contributed by atoms with E-state index in [2.05, 4.69) is 4.98 Å². The van der Waals surface area contributed by atoms with Gasteiger partial charge < -0.3 is 19.8 Å². The molecular formula is C8H13N3O3. The minimum atomic E-state index is -0.540. The topological polar surface area (TPSA) is 81.2 Å². The quantitative estimate of drug-likeness (QED) is 0.576. The Morgan fingerprint density at radius 1 is 1.79 bits per heavy atom. The summed E-state index contributed by atoms with van der Waals surface area (Å²) in [6.45, 7) is 3.88. The fourth-order valence-corrected chi connectivity index (χ4v) is 1.12. The van der Waals surface area contributed by atoms with Crippen LogP contribution in [0.3, 0.4) is 0 Å². The second kappa shape index (κ2) is 4.19. The van der Waals surface area contributed by atoms with E-state index in [4.69, 9.17) is 0 Å². The standard InChI is InChI=1S/C8H13N3O3/c1-3-7(12)4-10-5-8(11(13)14)9-6(10)2/h5,7,12H,3-4H2,1-2H3/t7-/m0/s1. The number of rotatable bonds is 4. The van der Waals surface area contributed by atoms with Gasteiger partial charge in [0.2, 0.25) is 5.82 Å². The third kappa shape index (κ3) is 2.29. The van der Waals surface area contributed by atoms with Gasteiger partial charge in [-0.2, -0.15) is 0 Å². The molecule has 0 aliphatic heterocycles. The Labute approximate surface area is 81.3 Å². The van der Waals surface area contributed by atoms with Crippen LogP contribution in [0.4, 0.5) is 5.82 Å². The summed E-state index contributed by atoms with van der Waals surface area (Å²) in [4.78, 5) is 13.6. The summed E-state index contributed by atoms with van der Waals surface area (Å²) in [6.07, 6.45) is 1.47. The van der Waals surface area contributed by atoms with Gasteiger partial charge in [0.05, 0.1) is 12.6 Å². The lowest BCUT2D eigenvalue weighted by Crippen LogP contribution is -2.14. The van der Waals surface area contributed by atoms with Gasteiger partial charge in [-0.3, -0.25) is 0 Å². The first-order chi connectivity index (χ1) is 6.54. The van der Waals surface area contributed by atoms with E-state index in [0.29, 0.717) is 18.8 Å². The molecule has 0 aliphatic rings. The molecular weight excluding hydrogens is 186 g/mol. The molecule has 0 saturated heterocycles. The number of nitro groups is 1. The van der Waals surface area contributed by atoms with Crippen LogP contribution in [0.1, 0.15) is 19.2 Å². The van der Waals surface area contributed by atoms with Gasteiger partial charge in [0.25, 0.3) is 0 Å². The van der Waals surface area contributed by atoms with Gasteiger partial charge >= 0.3 is 5.82 Å². The van der Waals surface area contributed by atoms with Crippen molar-refractivity contribution in [1.82, 2.24) is 9.55 Å². The molecule has 78 valence electrons. The van der Waals surface area contributed by atoms with Gasteiger partial charge in [-0.1, -0.05) is 6.92 Å². The number of nitrogens with zero attached hydrogens (tertiary/aromatic N) is 3. The predicted octanol–water partition coefficient (Wildman–Crippen LogP) is 0.871. The normalized spacial score (nSPS) is 12.8.